The summed E-state index contributed by atoms with van der Waals surface area (Å²) in [4.78, 5) is 12.9. The van der Waals surface area contributed by atoms with Crippen LogP contribution in [-0.2, 0) is 6.42 Å². The summed E-state index contributed by atoms with van der Waals surface area (Å²) in [6, 6.07) is 17.5. The van der Waals surface area contributed by atoms with Crippen molar-refractivity contribution < 1.29 is 9.90 Å². The number of aromatic nitrogens is 3. The van der Waals surface area contributed by atoms with Gasteiger partial charge in [0.15, 0.2) is 0 Å². The van der Waals surface area contributed by atoms with Gasteiger partial charge >= 0.3 is 0 Å². The predicted molar refractivity (Wildman–Crippen MR) is 101 cm³/mol. The van der Waals surface area contributed by atoms with E-state index < -0.39 is 0 Å². The van der Waals surface area contributed by atoms with E-state index in [1.807, 2.05) is 36.4 Å². The monoisotopic (exact) mass is 362 g/mol. The van der Waals surface area contributed by atoms with Crippen molar-refractivity contribution in [2.24, 2.45) is 5.92 Å². The number of aliphatic hydroxyl groups excluding tert-OH is 1. The number of rotatable bonds is 6. The third-order valence-corrected chi connectivity index (χ3v) is 5.16. The highest BCUT2D eigenvalue weighted by atomic mass is 16.3. The Balaban J connectivity index is 1.50. The Morgan fingerprint density at radius 1 is 1.11 bits per heavy atom. The highest BCUT2D eigenvalue weighted by molar-refractivity contribution is 5.95. The molecule has 1 fully saturated rings. The fourth-order valence-electron chi connectivity index (χ4n) is 3.56. The Kier molecular flexibility index (Phi) is 4.98. The van der Waals surface area contributed by atoms with Crippen LogP contribution in [-0.4, -0.2) is 37.9 Å². The smallest absolute Gasteiger partial charge is 0.251 e. The van der Waals surface area contributed by atoms with Gasteiger partial charge in [0, 0.05) is 17.3 Å². The van der Waals surface area contributed by atoms with Crippen molar-refractivity contribution in [1.29, 1.82) is 0 Å². The van der Waals surface area contributed by atoms with Crippen LogP contribution in [0, 0.1) is 5.92 Å². The molecule has 0 radical (unpaired) electrons. The maximum atomic E-state index is 12.9. The molecule has 1 aliphatic rings. The van der Waals surface area contributed by atoms with Gasteiger partial charge in [-0.2, -0.15) is 0 Å². The first kappa shape index (κ1) is 17.4. The van der Waals surface area contributed by atoms with Gasteiger partial charge in [0.25, 0.3) is 5.91 Å². The summed E-state index contributed by atoms with van der Waals surface area (Å²) >= 11 is 0. The molecule has 1 saturated carbocycles. The highest BCUT2D eigenvalue weighted by Gasteiger charge is 2.34. The largest absolute Gasteiger partial charge is 0.393 e. The highest BCUT2D eigenvalue weighted by Crippen LogP contribution is 2.32. The maximum Gasteiger partial charge on any atom is 0.251 e. The molecular weight excluding hydrogens is 340 g/mol. The normalized spacial score (nSPS) is 19.9. The molecule has 1 atom stereocenters. The van der Waals surface area contributed by atoms with Crippen LogP contribution >= 0.6 is 0 Å². The lowest BCUT2D eigenvalue weighted by Gasteiger charge is -2.38. The molecule has 1 unspecified atom stereocenters. The van der Waals surface area contributed by atoms with Crippen LogP contribution in [0.1, 0.15) is 28.8 Å². The van der Waals surface area contributed by atoms with Crippen LogP contribution in [0.5, 0.6) is 0 Å². The van der Waals surface area contributed by atoms with E-state index in [-0.39, 0.29) is 18.1 Å². The van der Waals surface area contributed by atoms with Crippen LogP contribution in [0.15, 0.2) is 67.3 Å². The van der Waals surface area contributed by atoms with E-state index in [4.69, 9.17) is 0 Å². The number of carbonyl (C=O) groups is 1. The minimum Gasteiger partial charge on any atom is -0.393 e. The van der Waals surface area contributed by atoms with Crippen LogP contribution in [0.4, 0.5) is 0 Å². The first-order chi connectivity index (χ1) is 13.2. The number of carbonyl (C=O) groups excluding carboxylic acids is 1. The maximum absolute atomic E-state index is 12.9. The Bertz CT molecular complexity index is 890. The topological polar surface area (TPSA) is 80.0 Å². The molecular formula is C21H22N4O2. The Hall–Kier alpha value is -2.99. The molecule has 0 bridgehead atoms. The average molecular weight is 362 g/mol. The van der Waals surface area contributed by atoms with Crippen LogP contribution in [0.25, 0.3) is 5.69 Å². The molecule has 2 N–H and O–H groups in total. The van der Waals surface area contributed by atoms with Crippen molar-refractivity contribution in [3.63, 3.8) is 0 Å². The van der Waals surface area contributed by atoms with Crippen LogP contribution in [0.2, 0.25) is 0 Å². The number of nitrogens with one attached hydrogen (secondary N) is 1. The Morgan fingerprint density at radius 3 is 2.56 bits per heavy atom. The second kappa shape index (κ2) is 7.72. The minimum absolute atomic E-state index is 0.00173. The van der Waals surface area contributed by atoms with Crippen molar-refractivity contribution in [3.8, 4) is 5.69 Å². The quantitative estimate of drug-likeness (QED) is 0.706. The molecule has 6 heteroatoms. The third-order valence-electron chi connectivity index (χ3n) is 5.16. The van der Waals surface area contributed by atoms with Gasteiger partial charge in [-0.3, -0.25) is 9.36 Å². The Labute approximate surface area is 157 Å². The van der Waals surface area contributed by atoms with Crippen molar-refractivity contribution in [3.05, 3.63) is 78.4 Å². The van der Waals surface area contributed by atoms with Gasteiger partial charge in [-0.05, 0) is 48.9 Å². The minimum atomic E-state index is -0.248. The standard InChI is InChI=1S/C21H22N4O2/c26-19-11-17(12-19)20(9-15-5-2-1-3-6-15)24-21(27)16-7-4-8-18(10-16)25-13-22-23-14-25/h1-8,10,13-14,17,19-20,26H,9,11-12H2,(H,24,27). The van der Waals surface area contributed by atoms with Gasteiger partial charge in [-0.15, -0.1) is 10.2 Å². The lowest BCUT2D eigenvalue weighted by atomic mass is 9.75. The summed E-state index contributed by atoms with van der Waals surface area (Å²) in [6.45, 7) is 0. The summed E-state index contributed by atoms with van der Waals surface area (Å²) < 4.78 is 1.76. The summed E-state index contributed by atoms with van der Waals surface area (Å²) in [5.74, 6) is 0.192. The lowest BCUT2D eigenvalue weighted by Crippen LogP contribution is -2.48. The zero-order valence-electron chi connectivity index (χ0n) is 14.9. The van der Waals surface area contributed by atoms with Crippen LogP contribution in [0.3, 0.4) is 0 Å². The van der Waals surface area contributed by atoms with Crippen molar-refractivity contribution in [2.45, 2.75) is 31.4 Å². The number of aliphatic hydroxyl groups is 1. The summed E-state index contributed by atoms with van der Waals surface area (Å²) in [6.07, 6.45) is 5.18. The lowest BCUT2D eigenvalue weighted by molar-refractivity contribution is 0.0239. The number of hydrogen-bond donors (Lipinski definition) is 2. The van der Waals surface area contributed by atoms with Crippen molar-refractivity contribution in [1.82, 2.24) is 20.1 Å². The SMILES string of the molecule is O=C(NC(Cc1ccccc1)C1CC(O)C1)c1cccc(-n2cnnc2)c1. The second-order valence-electron chi connectivity index (χ2n) is 7.07. The third kappa shape index (κ3) is 4.06. The van der Waals surface area contributed by atoms with Crippen molar-refractivity contribution in [2.75, 3.05) is 0 Å². The van der Waals surface area contributed by atoms with Gasteiger partial charge in [-0.1, -0.05) is 36.4 Å². The van der Waals surface area contributed by atoms with E-state index in [0.29, 0.717) is 11.5 Å². The molecule has 0 aliphatic heterocycles. The Morgan fingerprint density at radius 2 is 1.85 bits per heavy atom. The summed E-state index contributed by atoms with van der Waals surface area (Å²) in [5, 5.41) is 20.5. The van der Waals surface area contributed by atoms with E-state index in [1.165, 1.54) is 5.56 Å². The predicted octanol–water partition coefficient (Wildman–Crippen LogP) is 2.38. The number of amides is 1. The van der Waals surface area contributed by atoms with Crippen LogP contribution < -0.4 is 5.32 Å². The van der Waals surface area contributed by atoms with Gasteiger partial charge in [-0.25, -0.2) is 0 Å². The van der Waals surface area contributed by atoms with Gasteiger partial charge < -0.3 is 10.4 Å². The number of nitrogens with zero attached hydrogens (tertiary/aromatic N) is 3. The van der Waals surface area contributed by atoms with Crippen molar-refractivity contribution >= 4 is 5.91 Å². The van der Waals surface area contributed by atoms with Gasteiger partial charge in [0.05, 0.1) is 6.10 Å². The zero-order chi connectivity index (χ0) is 18.6. The van der Waals surface area contributed by atoms with E-state index in [2.05, 4.69) is 27.6 Å². The first-order valence-electron chi connectivity index (χ1n) is 9.17. The molecule has 0 saturated heterocycles. The van der Waals surface area contributed by atoms with Gasteiger partial charge in [0.1, 0.15) is 12.7 Å². The molecule has 3 aromatic rings. The molecule has 1 heterocycles. The average Bonchev–Trinajstić information content (AvgIpc) is 3.21. The number of hydrogen-bond acceptors (Lipinski definition) is 4. The van der Waals surface area contributed by atoms with E-state index in [0.717, 1.165) is 24.9 Å². The summed E-state index contributed by atoms with van der Waals surface area (Å²) in [7, 11) is 0. The molecule has 1 aromatic heterocycles. The molecule has 138 valence electrons. The van der Waals surface area contributed by atoms with E-state index >= 15 is 0 Å². The molecule has 1 amide bonds. The zero-order valence-corrected chi connectivity index (χ0v) is 14.9. The molecule has 2 aromatic carbocycles. The van der Waals surface area contributed by atoms with E-state index in [9.17, 15) is 9.90 Å². The van der Waals surface area contributed by atoms with Gasteiger partial charge in [0.2, 0.25) is 0 Å². The molecule has 0 spiro atoms. The fourth-order valence-corrected chi connectivity index (χ4v) is 3.56. The fraction of sp³-hybridized carbons (Fsp3) is 0.286. The number of benzene rings is 2. The molecule has 1 aliphatic carbocycles. The van der Waals surface area contributed by atoms with E-state index in [1.54, 1.807) is 23.3 Å². The first-order valence-corrected chi connectivity index (χ1v) is 9.17. The molecule has 6 nitrogen and oxygen atoms in total. The summed E-state index contributed by atoms with van der Waals surface area (Å²) in [5.41, 5.74) is 2.62. The second-order valence-corrected chi connectivity index (χ2v) is 7.07. The molecule has 4 rings (SSSR count). The molecule has 27 heavy (non-hydrogen) atoms.